The summed E-state index contributed by atoms with van der Waals surface area (Å²) in [6, 6.07) is 67.8. The van der Waals surface area contributed by atoms with E-state index in [1.54, 1.807) is 128 Å². The molecule has 0 saturated carbocycles. The van der Waals surface area contributed by atoms with E-state index < -0.39 is 34.9 Å². The molecule has 8 aromatic carbocycles. The molecular formula is C91H61F7N14. The van der Waals surface area contributed by atoms with Gasteiger partial charge in [-0.1, -0.05) is 115 Å². The normalized spacial score (nSPS) is 11.4. The van der Waals surface area contributed by atoms with Gasteiger partial charge in [-0.2, -0.15) is 5.10 Å². The van der Waals surface area contributed by atoms with Crippen LogP contribution in [0.1, 0.15) is 28.5 Å². The minimum Gasteiger partial charge on any atom is -0.313 e. The molecule has 0 bridgehead atoms. The molecule has 0 fully saturated rings. The van der Waals surface area contributed by atoms with Gasteiger partial charge in [0.25, 0.3) is 0 Å². The number of hydrogen-bond donors (Lipinski definition) is 0. The first kappa shape index (κ1) is 70.5. The molecule has 0 aliphatic rings. The predicted molar refractivity (Wildman–Crippen MR) is 426 cm³/mol. The average Bonchev–Trinajstić information content (AvgIpc) is 1.48. The number of hydrogen-bond acceptors (Lipinski definition) is 10. The number of fused-ring (bicyclic) bond motifs is 8. The Labute approximate surface area is 634 Å². The van der Waals surface area contributed by atoms with Gasteiger partial charge in [-0.3, -0.25) is 19.9 Å². The highest BCUT2D eigenvalue weighted by Crippen LogP contribution is 2.40. The molecule has 12 aromatic heterocycles. The number of halogens is 7. The van der Waals surface area contributed by atoms with Crippen LogP contribution in [-0.4, -0.2) is 68.3 Å². The van der Waals surface area contributed by atoms with Crippen LogP contribution in [-0.2, 0) is 0 Å². The molecule has 0 radical (unpaired) electrons. The molecule has 20 aromatic rings. The zero-order valence-electron chi connectivity index (χ0n) is 60.5. The lowest BCUT2D eigenvalue weighted by Gasteiger charge is -2.15. The number of rotatable bonds is 8. The summed E-state index contributed by atoms with van der Waals surface area (Å²) in [6.45, 7) is 9.59. The van der Waals surface area contributed by atoms with Crippen molar-refractivity contribution in [1.82, 2.24) is 68.3 Å². The highest BCUT2D eigenvalue weighted by Gasteiger charge is 2.26. The minimum absolute atomic E-state index is 0.000530. The molecule has 0 aliphatic carbocycles. The summed E-state index contributed by atoms with van der Waals surface area (Å²) < 4.78 is 112. The molecule has 0 spiro atoms. The lowest BCUT2D eigenvalue weighted by atomic mass is 10.1. The maximum Gasteiger partial charge on any atom is 0.174 e. The van der Waals surface area contributed by atoms with Crippen molar-refractivity contribution >= 4 is 87.2 Å². The van der Waals surface area contributed by atoms with Crippen LogP contribution in [0.15, 0.2) is 280 Å². The fraction of sp³-hybridized carbons (Fsp3) is 0.0549. The fourth-order valence-corrected chi connectivity index (χ4v) is 14.3. The standard InChI is InChI=1S/C24H17F2N3.2C23H15F2N3.C21H14FN5/c1-14-13-21-16(15(2)27-14)11-12-29(21)24-18-8-4-6-10-20(18)28-23(22(24)26)17-7-3-5-9-19(17)25;1-14-15-11-13-28(20(15)10-12-26-14)23-17-7-3-5-9-19(17)27-22(21(23)25)16-6-2-4-8-18(16)24;1-14-12-20-15(13-26-14)10-11-28(20)23-17-7-3-5-9-19(17)27-22(21(23)25)16-6-2-4-8-18(16)24;1-13-10-19-14(11-23-13)12-24-27(19)21-16-7-3-5-9-18(16)25-20(26-21)15-6-2-4-8-17(15)22/h3-13H,1-2H3;2*2-13H,1H3;2-12H,1H3. The highest BCUT2D eigenvalue weighted by molar-refractivity contribution is 5.98. The first-order valence-electron chi connectivity index (χ1n) is 35.7. The molecule has 112 heavy (non-hydrogen) atoms. The Balaban J connectivity index is 0.000000108. The van der Waals surface area contributed by atoms with Crippen LogP contribution in [0.4, 0.5) is 30.7 Å². The van der Waals surface area contributed by atoms with Crippen molar-refractivity contribution in [2.75, 3.05) is 0 Å². The summed E-state index contributed by atoms with van der Waals surface area (Å²) in [7, 11) is 0. The molecule has 0 atom stereocenters. The van der Waals surface area contributed by atoms with Crippen molar-refractivity contribution < 1.29 is 30.7 Å². The van der Waals surface area contributed by atoms with Crippen LogP contribution >= 0.6 is 0 Å². The van der Waals surface area contributed by atoms with Gasteiger partial charge in [0.05, 0.1) is 73.0 Å². The Hall–Kier alpha value is -14.5. The van der Waals surface area contributed by atoms with Gasteiger partial charge in [-0.25, -0.2) is 60.3 Å². The van der Waals surface area contributed by atoms with Crippen molar-refractivity contribution in [1.29, 1.82) is 0 Å². The number of pyridine rings is 7. The summed E-state index contributed by atoms with van der Waals surface area (Å²) in [5.74, 6) is -2.61. The minimum atomic E-state index is -0.559. The van der Waals surface area contributed by atoms with E-state index in [0.29, 0.717) is 67.0 Å². The lowest BCUT2D eigenvalue weighted by molar-refractivity contribution is 0.609. The van der Waals surface area contributed by atoms with Crippen LogP contribution in [0.2, 0.25) is 0 Å². The van der Waals surface area contributed by atoms with Crippen LogP contribution in [0.3, 0.4) is 0 Å². The van der Waals surface area contributed by atoms with Crippen molar-refractivity contribution in [3.05, 3.63) is 349 Å². The molecular weight excluding hydrogens is 1420 g/mol. The Bertz CT molecular complexity index is 6970. The summed E-state index contributed by atoms with van der Waals surface area (Å²) >= 11 is 0. The Morgan fingerprint density at radius 2 is 0.679 bits per heavy atom. The quantitative estimate of drug-likeness (QED) is 0.135. The van der Waals surface area contributed by atoms with Gasteiger partial charge in [-0.05, 0) is 156 Å². The van der Waals surface area contributed by atoms with E-state index in [4.69, 9.17) is 0 Å². The largest absolute Gasteiger partial charge is 0.313 e. The topological polar surface area (TPSA) is 149 Å². The molecule has 0 unspecified atom stereocenters. The van der Waals surface area contributed by atoms with Crippen LogP contribution < -0.4 is 0 Å². The van der Waals surface area contributed by atoms with E-state index in [9.17, 15) is 17.6 Å². The van der Waals surface area contributed by atoms with E-state index in [1.807, 2.05) is 181 Å². The van der Waals surface area contributed by atoms with Crippen LogP contribution in [0, 0.1) is 75.3 Å². The van der Waals surface area contributed by atoms with Crippen LogP contribution in [0.25, 0.3) is 155 Å². The summed E-state index contributed by atoms with van der Waals surface area (Å²) in [5, 5.41) is 11.0. The lowest BCUT2D eigenvalue weighted by Crippen LogP contribution is -2.04. The smallest absolute Gasteiger partial charge is 0.174 e. The van der Waals surface area contributed by atoms with E-state index >= 15 is 13.2 Å². The molecule has 544 valence electrons. The van der Waals surface area contributed by atoms with Crippen LogP contribution in [0.5, 0.6) is 0 Å². The molecule has 20 rings (SSSR count). The van der Waals surface area contributed by atoms with Crippen molar-refractivity contribution in [2.45, 2.75) is 34.6 Å². The summed E-state index contributed by atoms with van der Waals surface area (Å²) in [4.78, 5) is 40.0. The highest BCUT2D eigenvalue weighted by atomic mass is 19.2. The fourth-order valence-electron chi connectivity index (χ4n) is 14.3. The van der Waals surface area contributed by atoms with Gasteiger partial charge in [0.15, 0.2) is 29.1 Å². The van der Waals surface area contributed by atoms with E-state index in [1.165, 1.54) is 24.3 Å². The molecule has 12 heterocycles. The van der Waals surface area contributed by atoms with E-state index in [2.05, 4.69) is 50.0 Å². The summed E-state index contributed by atoms with van der Waals surface area (Å²) in [6.07, 6.45) is 12.5. The molecule has 0 saturated heterocycles. The van der Waals surface area contributed by atoms with Gasteiger partial charge in [0.2, 0.25) is 0 Å². The zero-order chi connectivity index (χ0) is 77.0. The third-order valence-corrected chi connectivity index (χ3v) is 19.6. The molecule has 0 aliphatic heterocycles. The maximum absolute atomic E-state index is 15.9. The monoisotopic (exact) mass is 1480 g/mol. The zero-order valence-corrected chi connectivity index (χ0v) is 60.5. The third-order valence-electron chi connectivity index (χ3n) is 19.6. The maximum atomic E-state index is 15.9. The number of nitrogens with zero attached hydrogens (tertiary/aromatic N) is 14. The molecule has 0 amide bonds. The van der Waals surface area contributed by atoms with E-state index in [-0.39, 0.29) is 39.6 Å². The second kappa shape index (κ2) is 29.3. The Morgan fingerprint density at radius 1 is 0.286 bits per heavy atom. The number of para-hydroxylation sites is 4. The second-order valence-corrected chi connectivity index (χ2v) is 26.7. The second-order valence-electron chi connectivity index (χ2n) is 26.7. The molecule has 21 heteroatoms. The first-order chi connectivity index (χ1) is 54.5. The van der Waals surface area contributed by atoms with Gasteiger partial charge >= 0.3 is 0 Å². The SMILES string of the molecule is Cc1cc2c(ccn2-c2c(F)c(-c3ccccc3F)nc3ccccc23)c(C)n1.Cc1cc2c(ccn2-c2c(F)c(-c3ccccc3F)nc3ccccc23)cn1.Cc1cc2c(cn1)cnn2-c1nc(-c2ccccc2F)nc2ccccc12.Cc1nccc2c1ccn2-c1c(F)c(-c2ccccc2F)nc2ccccc12. The number of aryl methyl sites for hydroxylation is 5. The summed E-state index contributed by atoms with van der Waals surface area (Å²) in [5.41, 5.74) is 12.1. The average molecular weight is 1480 g/mol. The first-order valence-corrected chi connectivity index (χ1v) is 35.7. The third kappa shape index (κ3) is 12.9. The van der Waals surface area contributed by atoms with Crippen molar-refractivity contribution in [2.24, 2.45) is 0 Å². The van der Waals surface area contributed by atoms with Gasteiger partial charge in [0, 0.05) is 125 Å². The van der Waals surface area contributed by atoms with Crippen molar-refractivity contribution in [3.63, 3.8) is 0 Å². The van der Waals surface area contributed by atoms with Gasteiger partial charge in [0.1, 0.15) is 40.4 Å². The number of benzene rings is 8. The Morgan fingerprint density at radius 3 is 1.18 bits per heavy atom. The van der Waals surface area contributed by atoms with Gasteiger partial charge in [-0.15, -0.1) is 0 Å². The van der Waals surface area contributed by atoms with Gasteiger partial charge < -0.3 is 13.7 Å². The number of aromatic nitrogens is 14. The Kier molecular flexibility index (Phi) is 18.4. The van der Waals surface area contributed by atoms with Crippen molar-refractivity contribution in [3.8, 4) is 68.0 Å². The van der Waals surface area contributed by atoms with E-state index in [0.717, 1.165) is 83.0 Å². The molecule has 0 N–H and O–H groups in total. The predicted octanol–water partition coefficient (Wildman–Crippen LogP) is 22.3. The molecule has 14 nitrogen and oxygen atoms in total.